The van der Waals surface area contributed by atoms with E-state index in [9.17, 15) is 4.79 Å². The zero-order valence-electron chi connectivity index (χ0n) is 12.4. The normalized spacial score (nSPS) is 17.6. The Morgan fingerprint density at radius 2 is 1.85 bits per heavy atom. The molecule has 1 fully saturated rings. The van der Waals surface area contributed by atoms with Crippen LogP contribution in [0.5, 0.6) is 0 Å². The highest BCUT2D eigenvalue weighted by molar-refractivity contribution is 5.94. The molecule has 1 aliphatic carbocycles. The smallest absolute Gasteiger partial charge is 0.251 e. The van der Waals surface area contributed by atoms with Crippen LogP contribution in [-0.2, 0) is 0 Å². The molecule has 1 amide bonds. The lowest BCUT2D eigenvalue weighted by molar-refractivity contribution is 0.0953. The van der Waals surface area contributed by atoms with Gasteiger partial charge in [0, 0.05) is 24.7 Å². The zero-order chi connectivity index (χ0) is 14.2. The molecule has 1 atom stereocenters. The van der Waals surface area contributed by atoms with Crippen LogP contribution in [0.3, 0.4) is 0 Å². The summed E-state index contributed by atoms with van der Waals surface area (Å²) < 4.78 is 0. The van der Waals surface area contributed by atoms with Gasteiger partial charge in [0.2, 0.25) is 0 Å². The van der Waals surface area contributed by atoms with Gasteiger partial charge in [0.15, 0.2) is 0 Å². The van der Waals surface area contributed by atoms with Crippen molar-refractivity contribution in [3.05, 3.63) is 35.9 Å². The summed E-state index contributed by atoms with van der Waals surface area (Å²) in [7, 11) is 0. The number of hydrogen-bond acceptors (Lipinski definition) is 2. The molecule has 0 saturated heterocycles. The lowest BCUT2D eigenvalue weighted by atomic mass is 9.84. The zero-order valence-corrected chi connectivity index (χ0v) is 12.4. The average Bonchev–Trinajstić information content (AvgIpc) is 2.53. The first-order chi connectivity index (χ1) is 9.77. The van der Waals surface area contributed by atoms with E-state index in [1.165, 1.54) is 32.1 Å². The standard InChI is InChI=1S/C17H26N2O/c1-14(15-8-4-2-5-9-15)18-12-13-19-17(20)16-10-6-3-7-11-16/h3,6-7,10-11,14-15,18H,2,4-5,8-9,12-13H2,1H3,(H,19,20). The largest absolute Gasteiger partial charge is 0.351 e. The average molecular weight is 274 g/mol. The van der Waals surface area contributed by atoms with Gasteiger partial charge >= 0.3 is 0 Å². The Morgan fingerprint density at radius 1 is 1.15 bits per heavy atom. The fourth-order valence-corrected chi connectivity index (χ4v) is 2.97. The van der Waals surface area contributed by atoms with E-state index >= 15 is 0 Å². The second-order valence-electron chi connectivity index (χ2n) is 5.76. The van der Waals surface area contributed by atoms with E-state index in [4.69, 9.17) is 0 Å². The van der Waals surface area contributed by atoms with E-state index in [2.05, 4.69) is 17.6 Å². The van der Waals surface area contributed by atoms with Gasteiger partial charge in [-0.3, -0.25) is 4.79 Å². The van der Waals surface area contributed by atoms with E-state index in [0.717, 1.165) is 18.0 Å². The molecule has 110 valence electrons. The summed E-state index contributed by atoms with van der Waals surface area (Å²) >= 11 is 0. The van der Waals surface area contributed by atoms with Crippen molar-refractivity contribution in [1.29, 1.82) is 0 Å². The van der Waals surface area contributed by atoms with Crippen molar-refractivity contribution in [1.82, 2.24) is 10.6 Å². The van der Waals surface area contributed by atoms with Crippen LogP contribution < -0.4 is 10.6 Å². The number of benzene rings is 1. The number of hydrogen-bond donors (Lipinski definition) is 2. The number of carbonyl (C=O) groups excluding carboxylic acids is 1. The molecule has 0 bridgehead atoms. The first-order valence-electron chi connectivity index (χ1n) is 7.84. The quantitative estimate of drug-likeness (QED) is 0.783. The van der Waals surface area contributed by atoms with Crippen molar-refractivity contribution in [2.75, 3.05) is 13.1 Å². The van der Waals surface area contributed by atoms with Crippen molar-refractivity contribution in [2.24, 2.45) is 5.92 Å². The molecule has 2 rings (SSSR count). The summed E-state index contributed by atoms with van der Waals surface area (Å²) in [5.41, 5.74) is 0.729. The maximum Gasteiger partial charge on any atom is 0.251 e. The SMILES string of the molecule is CC(NCCNC(=O)c1ccccc1)C1CCCCC1. The number of amides is 1. The molecule has 1 aromatic carbocycles. The second-order valence-corrected chi connectivity index (χ2v) is 5.76. The van der Waals surface area contributed by atoms with Crippen molar-refractivity contribution in [3.63, 3.8) is 0 Å². The van der Waals surface area contributed by atoms with Crippen LogP contribution >= 0.6 is 0 Å². The molecule has 0 heterocycles. The fourth-order valence-electron chi connectivity index (χ4n) is 2.97. The summed E-state index contributed by atoms with van der Waals surface area (Å²) in [6.45, 7) is 3.80. The summed E-state index contributed by atoms with van der Waals surface area (Å²) in [5, 5.41) is 6.50. The summed E-state index contributed by atoms with van der Waals surface area (Å²) in [6.07, 6.45) is 6.86. The molecular formula is C17H26N2O. The van der Waals surface area contributed by atoms with Crippen molar-refractivity contribution in [3.8, 4) is 0 Å². The lowest BCUT2D eigenvalue weighted by Crippen LogP contribution is -2.39. The minimum atomic E-state index is 0.0118. The molecule has 2 N–H and O–H groups in total. The Labute approximate surface area is 122 Å². The predicted octanol–water partition coefficient (Wildman–Crippen LogP) is 2.97. The highest BCUT2D eigenvalue weighted by Gasteiger charge is 2.19. The number of nitrogens with one attached hydrogen (secondary N) is 2. The van der Waals surface area contributed by atoms with Gasteiger partial charge in [0.05, 0.1) is 0 Å². The molecular weight excluding hydrogens is 248 g/mol. The fraction of sp³-hybridized carbons (Fsp3) is 0.588. The van der Waals surface area contributed by atoms with Crippen LogP contribution in [0.2, 0.25) is 0 Å². The van der Waals surface area contributed by atoms with Gasteiger partial charge in [0.25, 0.3) is 5.91 Å². The van der Waals surface area contributed by atoms with Crippen LogP contribution in [0, 0.1) is 5.92 Å². The van der Waals surface area contributed by atoms with E-state index in [0.29, 0.717) is 12.6 Å². The maximum absolute atomic E-state index is 11.9. The van der Waals surface area contributed by atoms with Crippen molar-refractivity contribution >= 4 is 5.91 Å². The third-order valence-electron chi connectivity index (χ3n) is 4.27. The molecule has 3 heteroatoms. The van der Waals surface area contributed by atoms with Crippen molar-refractivity contribution < 1.29 is 4.79 Å². The molecule has 1 aliphatic rings. The Balaban J connectivity index is 1.62. The van der Waals surface area contributed by atoms with Gasteiger partial charge in [-0.05, 0) is 37.8 Å². The molecule has 0 aromatic heterocycles. The highest BCUT2D eigenvalue weighted by Crippen LogP contribution is 2.26. The van der Waals surface area contributed by atoms with Gasteiger partial charge in [-0.1, -0.05) is 37.5 Å². The number of carbonyl (C=O) groups is 1. The molecule has 1 unspecified atom stereocenters. The summed E-state index contributed by atoms with van der Waals surface area (Å²) in [5.74, 6) is 0.825. The monoisotopic (exact) mass is 274 g/mol. The van der Waals surface area contributed by atoms with Crippen LogP contribution in [0.4, 0.5) is 0 Å². The van der Waals surface area contributed by atoms with Gasteiger partial charge in [0.1, 0.15) is 0 Å². The molecule has 3 nitrogen and oxygen atoms in total. The van der Waals surface area contributed by atoms with E-state index in [1.807, 2.05) is 30.3 Å². The van der Waals surface area contributed by atoms with Crippen LogP contribution in [0.15, 0.2) is 30.3 Å². The predicted molar refractivity (Wildman–Crippen MR) is 82.8 cm³/mol. The summed E-state index contributed by atoms with van der Waals surface area (Å²) in [6, 6.07) is 9.94. The van der Waals surface area contributed by atoms with Gasteiger partial charge in [-0.25, -0.2) is 0 Å². The molecule has 0 radical (unpaired) electrons. The molecule has 1 saturated carbocycles. The minimum absolute atomic E-state index is 0.0118. The summed E-state index contributed by atoms with van der Waals surface area (Å²) in [4.78, 5) is 11.9. The molecule has 20 heavy (non-hydrogen) atoms. The Morgan fingerprint density at radius 3 is 2.55 bits per heavy atom. The molecule has 0 aliphatic heterocycles. The highest BCUT2D eigenvalue weighted by atomic mass is 16.1. The van der Waals surface area contributed by atoms with E-state index in [1.54, 1.807) is 0 Å². The van der Waals surface area contributed by atoms with Gasteiger partial charge in [-0.2, -0.15) is 0 Å². The second kappa shape index (κ2) is 8.05. The first-order valence-corrected chi connectivity index (χ1v) is 7.84. The third kappa shape index (κ3) is 4.64. The van der Waals surface area contributed by atoms with Crippen LogP contribution in [0.25, 0.3) is 0 Å². The van der Waals surface area contributed by atoms with Gasteiger partial charge < -0.3 is 10.6 Å². The van der Waals surface area contributed by atoms with E-state index in [-0.39, 0.29) is 5.91 Å². The lowest BCUT2D eigenvalue weighted by Gasteiger charge is -2.28. The Bertz CT molecular complexity index is 399. The topological polar surface area (TPSA) is 41.1 Å². The molecule has 0 spiro atoms. The Kier molecular flexibility index (Phi) is 6.06. The number of rotatable bonds is 6. The van der Waals surface area contributed by atoms with E-state index < -0.39 is 0 Å². The van der Waals surface area contributed by atoms with Crippen molar-refractivity contribution in [2.45, 2.75) is 45.1 Å². The first kappa shape index (κ1) is 15.0. The Hall–Kier alpha value is -1.35. The van der Waals surface area contributed by atoms with Gasteiger partial charge in [-0.15, -0.1) is 0 Å². The molecule has 1 aromatic rings. The minimum Gasteiger partial charge on any atom is -0.351 e. The third-order valence-corrected chi connectivity index (χ3v) is 4.27. The van der Waals surface area contributed by atoms with Crippen LogP contribution in [0.1, 0.15) is 49.4 Å². The maximum atomic E-state index is 11.9. The van der Waals surface area contributed by atoms with Crippen LogP contribution in [-0.4, -0.2) is 25.0 Å².